The van der Waals surface area contributed by atoms with Crippen molar-refractivity contribution in [3.05, 3.63) is 314 Å². The molecule has 0 aliphatic heterocycles. The predicted octanol–water partition coefficient (Wildman–Crippen LogP) is 21.2. The number of nitrogens with zero attached hydrogens (tertiary/aromatic N) is 8. The predicted molar refractivity (Wildman–Crippen MR) is 370 cm³/mol. The molecule has 442 valence electrons. The third kappa shape index (κ3) is 9.80. The number of fused-ring (bicyclic) bond motifs is 6. The highest BCUT2D eigenvalue weighted by molar-refractivity contribution is 6.15. The molecule has 0 amide bonds. The summed E-state index contributed by atoms with van der Waals surface area (Å²) in [6, 6.07) is 92.8. The average molecular weight is 1220 g/mol. The van der Waals surface area contributed by atoms with Crippen LogP contribution in [0.3, 0.4) is 0 Å². The molecule has 0 saturated heterocycles. The van der Waals surface area contributed by atoms with Crippen LogP contribution in [0.4, 0.5) is 13.2 Å². The van der Waals surface area contributed by atoms with Crippen molar-refractivity contribution < 1.29 is 13.2 Å². The fraction of sp³-hybridized carbons (Fsp3) is 0.0120. The minimum absolute atomic E-state index is 0.103. The van der Waals surface area contributed by atoms with E-state index in [1.54, 1.807) is 30.9 Å². The molecule has 0 bridgehead atoms. The van der Waals surface area contributed by atoms with Gasteiger partial charge in [0.25, 0.3) is 0 Å². The first kappa shape index (κ1) is 56.4. The van der Waals surface area contributed by atoms with Gasteiger partial charge in [0.1, 0.15) is 11.6 Å². The summed E-state index contributed by atoms with van der Waals surface area (Å²) in [5.41, 5.74) is 17.2. The van der Waals surface area contributed by atoms with Gasteiger partial charge in [-0.3, -0.25) is 19.9 Å². The number of nitriles is 2. The van der Waals surface area contributed by atoms with E-state index in [0.29, 0.717) is 28.0 Å². The SMILES string of the molecule is N#Cc1cc(-c2ccc(-n3c4ccc(-c5cccnc5-c5ccccc5)cc4c4cc(-c5cccnc5-c5ccccc5)ccc43)c(C#N)c2-n2c3ccc(-c4cccnc4-c4ccccc4)cc3c3cc(-c4cccnc4-c4ccccc4)ccc32)cc(C(F)(F)F)c1. The topological polar surface area (TPSA) is 109 Å². The molecule has 0 aliphatic rings. The van der Waals surface area contributed by atoms with Gasteiger partial charge in [-0.15, -0.1) is 0 Å². The Morgan fingerprint density at radius 2 is 0.649 bits per heavy atom. The van der Waals surface area contributed by atoms with Crippen LogP contribution in [0, 0.1) is 22.7 Å². The summed E-state index contributed by atoms with van der Waals surface area (Å²) >= 11 is 0. The highest BCUT2D eigenvalue weighted by Gasteiger charge is 2.33. The summed E-state index contributed by atoms with van der Waals surface area (Å²) < 4.78 is 49.7. The van der Waals surface area contributed by atoms with E-state index >= 15 is 13.2 Å². The molecule has 0 aliphatic carbocycles. The maximum Gasteiger partial charge on any atom is 0.416 e. The number of alkyl halides is 3. The number of hydrogen-bond acceptors (Lipinski definition) is 6. The molecule has 0 N–H and O–H groups in total. The van der Waals surface area contributed by atoms with E-state index in [1.807, 2.05) is 199 Å². The summed E-state index contributed by atoms with van der Waals surface area (Å²) in [4.78, 5) is 19.6. The minimum Gasteiger partial charge on any atom is -0.308 e. The van der Waals surface area contributed by atoms with Gasteiger partial charge in [-0.25, -0.2) is 0 Å². The van der Waals surface area contributed by atoms with Gasteiger partial charge in [0.15, 0.2) is 0 Å². The molecule has 0 saturated carbocycles. The van der Waals surface area contributed by atoms with Gasteiger partial charge in [0.2, 0.25) is 0 Å². The first-order chi connectivity index (χ1) is 46.2. The van der Waals surface area contributed by atoms with Crippen molar-refractivity contribution in [2.24, 2.45) is 0 Å². The number of pyridine rings is 4. The summed E-state index contributed by atoms with van der Waals surface area (Å²) in [5.74, 6) is 0. The van der Waals surface area contributed by atoms with Gasteiger partial charge in [0.05, 0.1) is 73.4 Å². The van der Waals surface area contributed by atoms with E-state index in [-0.39, 0.29) is 16.7 Å². The van der Waals surface area contributed by atoms with Gasteiger partial charge in [-0.1, -0.05) is 176 Å². The van der Waals surface area contributed by atoms with Crippen LogP contribution in [0.2, 0.25) is 0 Å². The monoisotopic (exact) mass is 1210 g/mol. The molecule has 16 rings (SSSR count). The molecule has 16 aromatic rings. The first-order valence-electron chi connectivity index (χ1n) is 30.6. The third-order valence-electron chi connectivity index (χ3n) is 17.6. The number of rotatable bonds is 11. The van der Waals surface area contributed by atoms with Crippen LogP contribution in [0.15, 0.2) is 298 Å². The lowest BCUT2D eigenvalue weighted by Gasteiger charge is -2.21. The van der Waals surface area contributed by atoms with Crippen molar-refractivity contribution in [1.29, 1.82) is 10.5 Å². The van der Waals surface area contributed by atoms with E-state index in [2.05, 4.69) is 71.3 Å². The van der Waals surface area contributed by atoms with Crippen molar-refractivity contribution >= 4 is 43.6 Å². The number of halogens is 3. The summed E-state index contributed by atoms with van der Waals surface area (Å²) in [6.45, 7) is 0. The van der Waals surface area contributed by atoms with Crippen molar-refractivity contribution in [2.75, 3.05) is 0 Å². The third-order valence-corrected chi connectivity index (χ3v) is 17.6. The number of aromatic nitrogens is 6. The zero-order valence-corrected chi connectivity index (χ0v) is 50.0. The van der Waals surface area contributed by atoms with E-state index in [9.17, 15) is 10.5 Å². The molecule has 11 heteroatoms. The number of benzene rings is 10. The first-order valence-corrected chi connectivity index (χ1v) is 30.6. The van der Waals surface area contributed by atoms with Crippen LogP contribution in [0.5, 0.6) is 0 Å². The molecule has 6 heterocycles. The van der Waals surface area contributed by atoms with Crippen LogP contribution in [0.1, 0.15) is 16.7 Å². The van der Waals surface area contributed by atoms with E-state index in [4.69, 9.17) is 19.9 Å². The summed E-state index contributed by atoms with van der Waals surface area (Å²) in [5, 5.41) is 26.2. The fourth-order valence-corrected chi connectivity index (χ4v) is 13.4. The standard InChI is InChI=1S/C83H49F3N8/c84-83(85,86)62-44-52(50-87)43-61(45-62)67-33-38-77(93-73-34-29-57(63-25-13-39-89-78(63)53-17-5-1-6-18-53)46-68(73)69-47-58(30-35-74(69)93)64-26-14-40-90-79(64)54-19-7-2-8-20-54)72(51-88)82(67)94-75-36-31-59(65-27-15-41-91-80(65)55-21-9-3-10-22-55)48-70(75)71-49-60(32-37-76(71)94)66-28-16-42-92-81(66)56-23-11-4-12-24-56/h1-49H. The van der Waals surface area contributed by atoms with Crippen LogP contribution in [-0.4, -0.2) is 29.1 Å². The van der Waals surface area contributed by atoms with Gasteiger partial charge in [-0.2, -0.15) is 23.7 Å². The lowest BCUT2D eigenvalue weighted by atomic mass is 9.95. The van der Waals surface area contributed by atoms with Gasteiger partial charge in [-0.05, 0) is 125 Å². The lowest BCUT2D eigenvalue weighted by Crippen LogP contribution is -2.08. The van der Waals surface area contributed by atoms with Gasteiger partial charge >= 0.3 is 6.18 Å². The summed E-state index contributed by atoms with van der Waals surface area (Å²) in [7, 11) is 0. The molecular weight excluding hydrogens is 1170 g/mol. The second-order valence-corrected chi connectivity index (χ2v) is 23.0. The van der Waals surface area contributed by atoms with Crippen molar-refractivity contribution in [3.63, 3.8) is 0 Å². The molecule has 0 radical (unpaired) electrons. The summed E-state index contributed by atoms with van der Waals surface area (Å²) in [6.07, 6.45) is 2.34. The minimum atomic E-state index is -4.81. The highest BCUT2D eigenvalue weighted by Crippen LogP contribution is 2.47. The van der Waals surface area contributed by atoms with Crippen LogP contribution >= 0.6 is 0 Å². The van der Waals surface area contributed by atoms with E-state index < -0.39 is 11.7 Å². The van der Waals surface area contributed by atoms with Gasteiger partial charge in [0, 0.05) is 96.4 Å². The molecular formula is C83H49F3N8. The zero-order chi connectivity index (χ0) is 63.4. The maximum atomic E-state index is 15.2. The van der Waals surface area contributed by atoms with E-state index in [0.717, 1.165) is 134 Å². The Bertz CT molecular complexity index is 5470. The Balaban J connectivity index is 1.00. The average Bonchev–Trinajstić information content (AvgIpc) is 1.54. The largest absolute Gasteiger partial charge is 0.416 e. The Morgan fingerprint density at radius 3 is 0.979 bits per heavy atom. The molecule has 0 spiro atoms. The number of hydrogen-bond donors (Lipinski definition) is 0. The van der Waals surface area contributed by atoms with Crippen molar-refractivity contribution in [2.45, 2.75) is 6.18 Å². The zero-order valence-electron chi connectivity index (χ0n) is 50.0. The van der Waals surface area contributed by atoms with Crippen LogP contribution < -0.4 is 0 Å². The quantitative estimate of drug-likeness (QED) is 0.128. The highest BCUT2D eigenvalue weighted by atomic mass is 19.4. The van der Waals surface area contributed by atoms with Crippen molar-refractivity contribution in [1.82, 2.24) is 29.1 Å². The van der Waals surface area contributed by atoms with Crippen LogP contribution in [0.25, 0.3) is 156 Å². The Morgan fingerprint density at radius 1 is 0.298 bits per heavy atom. The maximum absolute atomic E-state index is 15.2. The normalized spacial score (nSPS) is 11.5. The fourth-order valence-electron chi connectivity index (χ4n) is 13.4. The van der Waals surface area contributed by atoms with Crippen LogP contribution in [-0.2, 0) is 6.18 Å². The smallest absolute Gasteiger partial charge is 0.308 e. The Labute approximate surface area is 538 Å². The Kier molecular flexibility index (Phi) is 13.9. The van der Waals surface area contributed by atoms with Crippen molar-refractivity contribution in [3.8, 4) is 124 Å². The molecule has 0 fully saturated rings. The second-order valence-electron chi connectivity index (χ2n) is 23.0. The molecule has 0 atom stereocenters. The van der Waals surface area contributed by atoms with Gasteiger partial charge < -0.3 is 9.13 Å². The molecule has 10 aromatic carbocycles. The second kappa shape index (κ2) is 23.2. The molecule has 0 unspecified atom stereocenters. The lowest BCUT2D eigenvalue weighted by molar-refractivity contribution is -0.137. The van der Waals surface area contributed by atoms with E-state index in [1.165, 1.54) is 6.07 Å². The molecule has 8 nitrogen and oxygen atoms in total. The molecule has 94 heavy (non-hydrogen) atoms. The molecule has 6 aromatic heterocycles. The Hall–Kier alpha value is -12.8.